The molecule has 5 heteroatoms. The highest BCUT2D eigenvalue weighted by Crippen LogP contribution is 2.23. The lowest BCUT2D eigenvalue weighted by atomic mass is 9.80. The zero-order chi connectivity index (χ0) is 9.14. The van der Waals surface area contributed by atoms with Crippen LogP contribution in [0.25, 0.3) is 0 Å². The minimum atomic E-state index is -1.40. The molecule has 64 valence electrons. The Morgan fingerprint density at radius 1 is 1.42 bits per heavy atom. The van der Waals surface area contributed by atoms with Crippen LogP contribution in [0.3, 0.4) is 0 Å². The van der Waals surface area contributed by atoms with Crippen LogP contribution in [0.4, 0.5) is 0 Å². The van der Waals surface area contributed by atoms with Crippen LogP contribution in [0.15, 0.2) is 27.6 Å². The molecule has 0 fully saturated rings. The van der Waals surface area contributed by atoms with Crippen LogP contribution < -0.4 is 5.46 Å². The summed E-state index contributed by atoms with van der Waals surface area (Å²) in [7, 11) is -1.40. The third kappa shape index (κ3) is 2.04. The van der Waals surface area contributed by atoms with Gasteiger partial charge in [-0.15, -0.1) is 11.8 Å². The van der Waals surface area contributed by atoms with E-state index in [9.17, 15) is 0 Å². The summed E-state index contributed by atoms with van der Waals surface area (Å²) < 4.78 is 0.889. The third-order valence-electron chi connectivity index (χ3n) is 1.48. The summed E-state index contributed by atoms with van der Waals surface area (Å²) in [5.74, 6) is 0. The van der Waals surface area contributed by atoms with Crippen molar-refractivity contribution in [1.82, 2.24) is 0 Å². The van der Waals surface area contributed by atoms with Gasteiger partial charge in [-0.25, -0.2) is 0 Å². The first-order chi connectivity index (χ1) is 5.66. The monoisotopic (exact) mass is 246 g/mol. The first-order valence-corrected chi connectivity index (χ1v) is 5.37. The third-order valence-corrected chi connectivity index (χ3v) is 3.27. The Bertz CT molecular complexity index is 280. The van der Waals surface area contributed by atoms with Crippen LogP contribution in [0.1, 0.15) is 0 Å². The van der Waals surface area contributed by atoms with Gasteiger partial charge in [0.2, 0.25) is 0 Å². The zero-order valence-corrected chi connectivity index (χ0v) is 8.89. The number of halogens is 1. The molecule has 0 aromatic heterocycles. The van der Waals surface area contributed by atoms with Crippen molar-refractivity contribution in [1.29, 1.82) is 0 Å². The van der Waals surface area contributed by atoms with Gasteiger partial charge >= 0.3 is 7.12 Å². The second-order valence-electron chi connectivity index (χ2n) is 2.24. The molecule has 2 N–H and O–H groups in total. The molecule has 0 heterocycles. The average molecular weight is 247 g/mol. The van der Waals surface area contributed by atoms with Crippen LogP contribution in [-0.4, -0.2) is 23.4 Å². The largest absolute Gasteiger partial charge is 0.489 e. The van der Waals surface area contributed by atoms with E-state index in [1.54, 1.807) is 12.1 Å². The van der Waals surface area contributed by atoms with Gasteiger partial charge in [-0.1, -0.05) is 12.1 Å². The van der Waals surface area contributed by atoms with Gasteiger partial charge in [0.15, 0.2) is 0 Å². The summed E-state index contributed by atoms with van der Waals surface area (Å²) in [6, 6.07) is 5.34. The molecule has 0 aliphatic heterocycles. The molecule has 0 bridgehead atoms. The molecule has 1 aromatic rings. The molecule has 0 amide bonds. The van der Waals surface area contributed by atoms with E-state index in [1.165, 1.54) is 11.8 Å². The Labute approximate surface area is 84.3 Å². The summed E-state index contributed by atoms with van der Waals surface area (Å²) >= 11 is 4.82. The fraction of sp³-hybridized carbons (Fsp3) is 0.143. The van der Waals surface area contributed by atoms with Crippen molar-refractivity contribution in [3.63, 3.8) is 0 Å². The Morgan fingerprint density at radius 2 is 2.08 bits per heavy atom. The predicted molar refractivity (Wildman–Crippen MR) is 55.7 cm³/mol. The minimum Gasteiger partial charge on any atom is -0.423 e. The molecule has 0 aliphatic rings. The van der Waals surface area contributed by atoms with Gasteiger partial charge in [0.1, 0.15) is 0 Å². The molecule has 1 rings (SSSR count). The molecule has 0 saturated heterocycles. The fourth-order valence-electron chi connectivity index (χ4n) is 0.944. The molecule has 0 unspecified atom stereocenters. The molecule has 0 aliphatic carbocycles. The molecule has 0 atom stereocenters. The summed E-state index contributed by atoms with van der Waals surface area (Å²) in [5, 5.41) is 18.0. The van der Waals surface area contributed by atoms with E-state index >= 15 is 0 Å². The van der Waals surface area contributed by atoms with Gasteiger partial charge in [0.05, 0.1) is 0 Å². The van der Waals surface area contributed by atoms with E-state index in [2.05, 4.69) is 15.9 Å². The van der Waals surface area contributed by atoms with Crippen molar-refractivity contribution in [2.45, 2.75) is 4.90 Å². The molecule has 0 spiro atoms. The number of thioether (sulfide) groups is 1. The standard InChI is InChI=1S/C7H8BBrO2S/c1-12-7-5(8(10)11)3-2-4-6(7)9/h2-4,10-11H,1H3. The topological polar surface area (TPSA) is 40.5 Å². The van der Waals surface area contributed by atoms with E-state index in [0.717, 1.165) is 9.37 Å². The van der Waals surface area contributed by atoms with Gasteiger partial charge in [-0.2, -0.15) is 0 Å². The van der Waals surface area contributed by atoms with Crippen molar-refractivity contribution in [3.8, 4) is 0 Å². The highest BCUT2D eigenvalue weighted by molar-refractivity contribution is 9.10. The molecule has 0 radical (unpaired) electrons. The smallest absolute Gasteiger partial charge is 0.423 e. The number of hydrogen-bond donors (Lipinski definition) is 2. The maximum absolute atomic E-state index is 8.98. The maximum atomic E-state index is 8.98. The van der Waals surface area contributed by atoms with Gasteiger partial charge in [-0.3, -0.25) is 0 Å². The molecular weight excluding hydrogens is 239 g/mol. The highest BCUT2D eigenvalue weighted by atomic mass is 79.9. The van der Waals surface area contributed by atoms with Crippen LogP contribution in [0.5, 0.6) is 0 Å². The number of rotatable bonds is 2. The van der Waals surface area contributed by atoms with Crippen molar-refractivity contribution in [2.75, 3.05) is 6.26 Å². The quantitative estimate of drug-likeness (QED) is 0.601. The molecule has 12 heavy (non-hydrogen) atoms. The lowest BCUT2D eigenvalue weighted by Crippen LogP contribution is -2.31. The lowest BCUT2D eigenvalue weighted by molar-refractivity contribution is 0.425. The summed E-state index contributed by atoms with van der Waals surface area (Å²) in [6.45, 7) is 0. The van der Waals surface area contributed by atoms with E-state index in [1.807, 2.05) is 12.3 Å². The second-order valence-corrected chi connectivity index (χ2v) is 3.91. The summed E-state index contributed by atoms with van der Waals surface area (Å²) in [6.07, 6.45) is 1.89. The van der Waals surface area contributed by atoms with E-state index in [0.29, 0.717) is 5.46 Å². The van der Waals surface area contributed by atoms with Crippen LogP contribution in [0.2, 0.25) is 0 Å². The van der Waals surface area contributed by atoms with Crippen LogP contribution in [0, 0.1) is 0 Å². The van der Waals surface area contributed by atoms with Crippen molar-refractivity contribution >= 4 is 40.3 Å². The van der Waals surface area contributed by atoms with E-state index < -0.39 is 7.12 Å². The Hall–Kier alpha value is 0.0349. The Balaban J connectivity index is 3.18. The van der Waals surface area contributed by atoms with E-state index in [4.69, 9.17) is 10.0 Å². The summed E-state index contributed by atoms with van der Waals surface area (Å²) in [5.41, 5.74) is 0.539. The molecule has 1 aromatic carbocycles. The van der Waals surface area contributed by atoms with Gasteiger partial charge < -0.3 is 10.0 Å². The SMILES string of the molecule is CSc1c(Br)cccc1B(O)O. The average Bonchev–Trinajstić information content (AvgIpc) is 2.03. The molecule has 2 nitrogen and oxygen atoms in total. The van der Waals surface area contributed by atoms with Crippen LogP contribution >= 0.6 is 27.7 Å². The first kappa shape index (κ1) is 10.1. The van der Waals surface area contributed by atoms with Crippen molar-refractivity contribution < 1.29 is 10.0 Å². The number of benzene rings is 1. The number of hydrogen-bond acceptors (Lipinski definition) is 3. The maximum Gasteiger partial charge on any atom is 0.489 e. The molecular formula is C7H8BBrO2S. The Morgan fingerprint density at radius 3 is 2.50 bits per heavy atom. The second kappa shape index (κ2) is 4.32. The highest BCUT2D eigenvalue weighted by Gasteiger charge is 2.16. The van der Waals surface area contributed by atoms with Gasteiger partial charge in [0, 0.05) is 9.37 Å². The van der Waals surface area contributed by atoms with Gasteiger partial charge in [-0.05, 0) is 33.7 Å². The van der Waals surface area contributed by atoms with Crippen molar-refractivity contribution in [2.24, 2.45) is 0 Å². The van der Waals surface area contributed by atoms with Crippen LogP contribution in [-0.2, 0) is 0 Å². The predicted octanol–water partition coefficient (Wildman–Crippen LogP) is 0.851. The summed E-state index contributed by atoms with van der Waals surface area (Å²) in [4.78, 5) is 0.868. The van der Waals surface area contributed by atoms with Gasteiger partial charge in [0.25, 0.3) is 0 Å². The van der Waals surface area contributed by atoms with Crippen molar-refractivity contribution in [3.05, 3.63) is 22.7 Å². The Kier molecular flexibility index (Phi) is 3.64. The van der Waals surface area contributed by atoms with E-state index in [-0.39, 0.29) is 0 Å². The molecule has 0 saturated carbocycles. The lowest BCUT2D eigenvalue weighted by Gasteiger charge is -2.07. The fourth-order valence-corrected chi connectivity index (χ4v) is 2.48. The minimum absolute atomic E-state index is 0.539. The normalized spacial score (nSPS) is 10.0. The first-order valence-electron chi connectivity index (χ1n) is 3.35. The zero-order valence-electron chi connectivity index (χ0n) is 6.49.